The monoisotopic (exact) mass is 333 g/mol. The van der Waals surface area contributed by atoms with Crippen molar-refractivity contribution in [2.45, 2.75) is 26.8 Å². The Balaban J connectivity index is 0.000000413. The molecule has 0 aliphatic carbocycles. The lowest BCUT2D eigenvalue weighted by Crippen LogP contribution is -2.42. The second kappa shape index (κ2) is 9.29. The number of carbonyl (C=O) groups excluding carboxylic acids is 3. The van der Waals surface area contributed by atoms with Gasteiger partial charge in [0.25, 0.3) is 0 Å². The zero-order valence-electron chi connectivity index (χ0n) is 13.5. The Morgan fingerprint density at radius 1 is 1.17 bits per heavy atom. The quantitative estimate of drug-likeness (QED) is 0.676. The van der Waals surface area contributed by atoms with E-state index in [-0.39, 0.29) is 5.91 Å². The molecule has 0 saturated heterocycles. The first-order valence-electron chi connectivity index (χ1n) is 7.40. The van der Waals surface area contributed by atoms with Crippen LogP contribution in [0.2, 0.25) is 0 Å². The first-order valence-corrected chi connectivity index (χ1v) is 7.40. The predicted molar refractivity (Wildman–Crippen MR) is 82.2 cm³/mol. The number of rotatable bonds is 5. The molecule has 8 heteroatoms. The van der Waals surface area contributed by atoms with Gasteiger partial charge in [-0.3, -0.25) is 4.79 Å². The minimum Gasteiger partial charge on any atom is -0.543 e. The fourth-order valence-electron chi connectivity index (χ4n) is 1.95. The normalized spacial score (nSPS) is 10.1. The molecule has 0 spiro atoms. The van der Waals surface area contributed by atoms with Gasteiger partial charge in [0.05, 0.1) is 29.3 Å². The van der Waals surface area contributed by atoms with Gasteiger partial charge in [0.15, 0.2) is 0 Å². The maximum absolute atomic E-state index is 11.5. The average Bonchev–Trinajstić information content (AvgIpc) is 2.90. The molecule has 130 valence electrons. The summed E-state index contributed by atoms with van der Waals surface area (Å²) in [5, 5.41) is 20.8. The summed E-state index contributed by atoms with van der Waals surface area (Å²) in [5.74, 6) is -3.85. The van der Waals surface area contributed by atoms with E-state index >= 15 is 0 Å². The number of aromatic nitrogens is 2. The summed E-state index contributed by atoms with van der Waals surface area (Å²) >= 11 is 0. The Morgan fingerprint density at radius 2 is 1.79 bits per heavy atom. The fraction of sp³-hybridized carbons (Fsp3) is 0.375. The highest BCUT2D eigenvalue weighted by molar-refractivity contribution is 6.25. The van der Waals surface area contributed by atoms with E-state index in [0.717, 1.165) is 17.6 Å². The van der Waals surface area contributed by atoms with Crippen LogP contribution in [0.5, 0.6) is 0 Å². The zero-order valence-corrected chi connectivity index (χ0v) is 13.5. The Bertz CT molecular complexity index is 697. The van der Waals surface area contributed by atoms with Gasteiger partial charge in [0.1, 0.15) is 0 Å². The molecule has 0 aliphatic rings. The summed E-state index contributed by atoms with van der Waals surface area (Å²) in [7, 11) is 0. The molecule has 0 fully saturated rings. The number of carbonyl (C=O) groups is 3. The van der Waals surface area contributed by atoms with Gasteiger partial charge in [-0.1, -0.05) is 26.0 Å². The van der Waals surface area contributed by atoms with E-state index < -0.39 is 11.9 Å². The lowest BCUT2D eigenvalue weighted by atomic mass is 10.1. The first-order chi connectivity index (χ1) is 11.3. The standard InChI is InChI=1S/C14H19N3O.C2H2O4/c1-11(2)9-14(18)15-7-8-17-10-16-12-5-3-4-6-13(12)17;3-1(4)2(5)6/h3-6,10-11H,7-9H2,1-2H3,(H,15,18);(H,3,4)(H,5,6)/p-2. The van der Waals surface area contributed by atoms with Crippen molar-refractivity contribution < 1.29 is 24.6 Å². The summed E-state index contributed by atoms with van der Waals surface area (Å²) in [6.45, 7) is 5.49. The third-order valence-corrected chi connectivity index (χ3v) is 2.96. The molecule has 24 heavy (non-hydrogen) atoms. The van der Waals surface area contributed by atoms with Crippen LogP contribution in [0.1, 0.15) is 20.3 Å². The molecular formula is C16H19N3O5-2. The Morgan fingerprint density at radius 3 is 2.38 bits per heavy atom. The molecule has 1 aromatic heterocycles. The maximum atomic E-state index is 11.5. The van der Waals surface area contributed by atoms with Gasteiger partial charge in [-0.2, -0.15) is 0 Å². The van der Waals surface area contributed by atoms with Crippen LogP contribution in [-0.2, 0) is 20.9 Å². The van der Waals surface area contributed by atoms with Crippen LogP contribution in [0.3, 0.4) is 0 Å². The number of carboxylic acid groups (broad SMARTS) is 2. The summed E-state index contributed by atoms with van der Waals surface area (Å²) in [6.07, 6.45) is 2.41. The van der Waals surface area contributed by atoms with Crippen molar-refractivity contribution in [1.29, 1.82) is 0 Å². The second-order valence-electron chi connectivity index (χ2n) is 5.45. The van der Waals surface area contributed by atoms with Gasteiger partial charge >= 0.3 is 0 Å². The van der Waals surface area contributed by atoms with Crippen LogP contribution in [0, 0.1) is 5.92 Å². The number of imidazole rings is 1. The number of carboxylic acids is 2. The van der Waals surface area contributed by atoms with E-state index in [9.17, 15) is 4.79 Å². The maximum Gasteiger partial charge on any atom is 0.220 e. The van der Waals surface area contributed by atoms with Gasteiger partial charge in [0.2, 0.25) is 5.91 Å². The molecule has 1 aromatic carbocycles. The molecule has 2 aromatic rings. The summed E-state index contributed by atoms with van der Waals surface area (Å²) in [6, 6.07) is 8.00. The van der Waals surface area contributed by atoms with Crippen molar-refractivity contribution in [3.63, 3.8) is 0 Å². The number of nitrogens with one attached hydrogen (secondary N) is 1. The molecule has 0 aliphatic heterocycles. The lowest BCUT2D eigenvalue weighted by molar-refractivity contribution is -0.345. The second-order valence-corrected chi connectivity index (χ2v) is 5.45. The SMILES string of the molecule is CC(C)CC(=O)NCCn1cnc2ccccc21.O=C([O-])C(=O)[O-]. The number of amides is 1. The van der Waals surface area contributed by atoms with Crippen molar-refractivity contribution in [3.8, 4) is 0 Å². The highest BCUT2D eigenvalue weighted by atomic mass is 16.4. The highest BCUT2D eigenvalue weighted by Gasteiger charge is 2.05. The van der Waals surface area contributed by atoms with E-state index in [0.29, 0.717) is 18.9 Å². The van der Waals surface area contributed by atoms with Gasteiger partial charge in [-0.15, -0.1) is 0 Å². The smallest absolute Gasteiger partial charge is 0.220 e. The fourth-order valence-corrected chi connectivity index (χ4v) is 1.95. The van der Waals surface area contributed by atoms with E-state index in [4.69, 9.17) is 19.8 Å². The molecule has 0 bridgehead atoms. The minimum absolute atomic E-state index is 0.120. The highest BCUT2D eigenvalue weighted by Crippen LogP contribution is 2.11. The summed E-state index contributed by atoms with van der Waals surface area (Å²) < 4.78 is 2.06. The van der Waals surface area contributed by atoms with Crippen molar-refractivity contribution in [3.05, 3.63) is 30.6 Å². The minimum atomic E-state index is -2.19. The first kappa shape index (κ1) is 19.1. The van der Waals surface area contributed by atoms with Gasteiger partial charge < -0.3 is 29.7 Å². The number of para-hydroxylation sites is 2. The topological polar surface area (TPSA) is 127 Å². The molecule has 0 unspecified atom stereocenters. The van der Waals surface area contributed by atoms with E-state index in [2.05, 4.69) is 14.9 Å². The molecule has 0 atom stereocenters. The van der Waals surface area contributed by atoms with E-state index in [1.165, 1.54) is 0 Å². The molecule has 8 nitrogen and oxygen atoms in total. The Labute approximate surface area is 139 Å². The molecule has 0 radical (unpaired) electrons. The number of benzene rings is 1. The number of hydrogen-bond acceptors (Lipinski definition) is 6. The van der Waals surface area contributed by atoms with Crippen LogP contribution in [0.25, 0.3) is 11.0 Å². The van der Waals surface area contributed by atoms with Crippen LogP contribution in [0.15, 0.2) is 30.6 Å². The Kier molecular flexibility index (Phi) is 7.41. The third kappa shape index (κ3) is 6.47. The molecular weight excluding hydrogens is 314 g/mol. The predicted octanol–water partition coefficient (Wildman–Crippen LogP) is -1.32. The molecule has 1 heterocycles. The number of fused-ring (bicyclic) bond motifs is 1. The van der Waals surface area contributed by atoms with Crippen LogP contribution in [-0.4, -0.2) is 33.9 Å². The van der Waals surface area contributed by atoms with Crippen LogP contribution in [0.4, 0.5) is 0 Å². The molecule has 0 saturated carbocycles. The Hall–Kier alpha value is -2.90. The third-order valence-electron chi connectivity index (χ3n) is 2.96. The van der Waals surface area contributed by atoms with E-state index in [1.54, 1.807) is 0 Å². The molecule has 1 amide bonds. The van der Waals surface area contributed by atoms with Crippen LogP contribution >= 0.6 is 0 Å². The summed E-state index contributed by atoms with van der Waals surface area (Å²) in [5.41, 5.74) is 2.10. The van der Waals surface area contributed by atoms with Crippen molar-refractivity contribution in [1.82, 2.24) is 14.9 Å². The number of hydrogen-bond donors (Lipinski definition) is 1. The molecule has 1 N–H and O–H groups in total. The average molecular weight is 333 g/mol. The lowest BCUT2D eigenvalue weighted by Gasteiger charge is -2.08. The van der Waals surface area contributed by atoms with Gasteiger partial charge in [0, 0.05) is 19.5 Å². The van der Waals surface area contributed by atoms with Gasteiger partial charge in [-0.05, 0) is 18.1 Å². The number of aliphatic carboxylic acids is 2. The number of nitrogens with zero attached hydrogens (tertiary/aromatic N) is 2. The summed E-state index contributed by atoms with van der Waals surface area (Å²) in [4.78, 5) is 33.7. The van der Waals surface area contributed by atoms with Crippen molar-refractivity contribution in [2.75, 3.05) is 6.54 Å². The molecule has 2 rings (SSSR count). The largest absolute Gasteiger partial charge is 0.543 e. The zero-order chi connectivity index (χ0) is 18.1. The van der Waals surface area contributed by atoms with Crippen LogP contribution < -0.4 is 15.5 Å². The van der Waals surface area contributed by atoms with E-state index in [1.807, 2.05) is 44.4 Å². The van der Waals surface area contributed by atoms with Gasteiger partial charge in [-0.25, -0.2) is 4.98 Å². The van der Waals surface area contributed by atoms with Crippen molar-refractivity contribution >= 4 is 28.9 Å². The van der Waals surface area contributed by atoms with Crippen molar-refractivity contribution in [2.24, 2.45) is 5.92 Å².